The monoisotopic (exact) mass is 526 g/mol. The Morgan fingerprint density at radius 2 is 2.03 bits per heavy atom. The molecule has 3 rings (SSSR count). The molecular formula is C23H28BrClN2O3S. The maximum absolute atomic E-state index is 11.9. The van der Waals surface area contributed by atoms with Crippen molar-refractivity contribution in [2.24, 2.45) is 0 Å². The summed E-state index contributed by atoms with van der Waals surface area (Å²) >= 11 is 11.8. The molecule has 1 heterocycles. The molecule has 1 aliphatic rings. The first kappa shape index (κ1) is 24.2. The fourth-order valence-electron chi connectivity index (χ4n) is 3.60. The van der Waals surface area contributed by atoms with E-state index in [1.165, 1.54) is 5.56 Å². The lowest BCUT2D eigenvalue weighted by molar-refractivity contribution is 0.0950. The molecule has 31 heavy (non-hydrogen) atoms. The van der Waals surface area contributed by atoms with Crippen LogP contribution in [-0.2, 0) is 17.0 Å². The number of hydrogen-bond donors (Lipinski definition) is 1. The van der Waals surface area contributed by atoms with Crippen molar-refractivity contribution in [2.75, 3.05) is 26.8 Å². The normalized spacial score (nSPS) is 14.5. The van der Waals surface area contributed by atoms with Gasteiger partial charge in [-0.25, -0.2) is 4.79 Å². The van der Waals surface area contributed by atoms with Crippen LogP contribution in [0.3, 0.4) is 0 Å². The molecule has 1 saturated heterocycles. The summed E-state index contributed by atoms with van der Waals surface area (Å²) in [6.45, 7) is 4.42. The van der Waals surface area contributed by atoms with Gasteiger partial charge in [0.05, 0.1) is 18.7 Å². The van der Waals surface area contributed by atoms with E-state index in [0.717, 1.165) is 63.9 Å². The maximum atomic E-state index is 11.9. The second kappa shape index (κ2) is 12.0. The second-order valence-corrected chi connectivity index (χ2v) is 9.62. The van der Waals surface area contributed by atoms with Crippen LogP contribution >= 0.6 is 39.3 Å². The van der Waals surface area contributed by atoms with E-state index in [-0.39, 0.29) is 6.09 Å². The molecule has 0 atom stereocenters. The van der Waals surface area contributed by atoms with Gasteiger partial charge < -0.3 is 19.7 Å². The molecule has 0 unspecified atom stereocenters. The van der Waals surface area contributed by atoms with Crippen molar-refractivity contribution in [1.82, 2.24) is 10.2 Å². The largest absolute Gasteiger partial charge is 0.496 e. The van der Waals surface area contributed by atoms with Gasteiger partial charge in [0, 0.05) is 46.4 Å². The Morgan fingerprint density at radius 1 is 1.26 bits per heavy atom. The van der Waals surface area contributed by atoms with Crippen molar-refractivity contribution in [1.29, 1.82) is 0 Å². The van der Waals surface area contributed by atoms with Crippen LogP contribution in [0.25, 0.3) is 0 Å². The third kappa shape index (κ3) is 6.78. The first-order valence-corrected chi connectivity index (χ1v) is 12.5. The molecule has 0 aromatic heterocycles. The number of amides is 1. The van der Waals surface area contributed by atoms with Gasteiger partial charge in [-0.1, -0.05) is 39.7 Å². The third-order valence-electron chi connectivity index (χ3n) is 5.27. The number of methoxy groups -OCH3 is 1. The summed E-state index contributed by atoms with van der Waals surface area (Å²) < 4.78 is 11.6. The van der Waals surface area contributed by atoms with Gasteiger partial charge in [-0.15, -0.1) is 11.8 Å². The molecule has 0 spiro atoms. The lowest BCUT2D eigenvalue weighted by atomic mass is 10.0. The van der Waals surface area contributed by atoms with Crippen LogP contribution < -0.4 is 10.1 Å². The molecule has 0 radical (unpaired) electrons. The number of benzene rings is 2. The van der Waals surface area contributed by atoms with Gasteiger partial charge in [-0.05, 0) is 49.6 Å². The van der Waals surface area contributed by atoms with Crippen molar-refractivity contribution in [3.05, 3.63) is 57.0 Å². The van der Waals surface area contributed by atoms with Gasteiger partial charge in [0.15, 0.2) is 0 Å². The zero-order chi connectivity index (χ0) is 22.2. The second-order valence-electron chi connectivity index (χ2n) is 7.31. The molecule has 0 aliphatic carbocycles. The number of carbonyl (C=O) groups excluding carboxylic acids is 1. The van der Waals surface area contributed by atoms with Gasteiger partial charge in [0.25, 0.3) is 0 Å². The van der Waals surface area contributed by atoms with Gasteiger partial charge in [-0.2, -0.15) is 0 Å². The van der Waals surface area contributed by atoms with Gasteiger partial charge in [0.1, 0.15) is 5.75 Å². The predicted molar refractivity (Wildman–Crippen MR) is 130 cm³/mol. The fraction of sp³-hybridized carbons (Fsp3) is 0.435. The molecule has 5 nitrogen and oxygen atoms in total. The molecule has 1 N–H and O–H groups in total. The highest BCUT2D eigenvalue weighted by Gasteiger charge is 2.23. The Kier molecular flexibility index (Phi) is 9.38. The zero-order valence-electron chi connectivity index (χ0n) is 17.8. The Morgan fingerprint density at radius 3 is 2.74 bits per heavy atom. The van der Waals surface area contributed by atoms with Crippen LogP contribution in [-0.4, -0.2) is 43.8 Å². The van der Waals surface area contributed by atoms with E-state index in [1.807, 2.05) is 31.2 Å². The van der Waals surface area contributed by atoms with E-state index in [9.17, 15) is 4.79 Å². The highest BCUT2D eigenvalue weighted by atomic mass is 79.9. The average molecular weight is 528 g/mol. The van der Waals surface area contributed by atoms with Crippen LogP contribution in [0.5, 0.6) is 5.75 Å². The van der Waals surface area contributed by atoms with Crippen molar-refractivity contribution >= 4 is 45.4 Å². The maximum Gasteiger partial charge on any atom is 0.409 e. The highest BCUT2D eigenvalue weighted by molar-refractivity contribution is 9.10. The number of rotatable bonds is 8. The van der Waals surface area contributed by atoms with E-state index >= 15 is 0 Å². The van der Waals surface area contributed by atoms with Crippen LogP contribution in [0, 0.1) is 0 Å². The van der Waals surface area contributed by atoms with Crippen molar-refractivity contribution in [3.63, 3.8) is 0 Å². The minimum absolute atomic E-state index is 0.211. The Balaban J connectivity index is 1.59. The summed E-state index contributed by atoms with van der Waals surface area (Å²) in [7, 11) is 1.69. The van der Waals surface area contributed by atoms with Crippen molar-refractivity contribution < 1.29 is 14.3 Å². The lowest BCUT2D eigenvalue weighted by Crippen LogP contribution is -2.44. The lowest BCUT2D eigenvalue weighted by Gasteiger charge is -2.32. The summed E-state index contributed by atoms with van der Waals surface area (Å²) in [5.41, 5.74) is 2.30. The molecule has 168 valence electrons. The summed E-state index contributed by atoms with van der Waals surface area (Å²) in [6, 6.07) is 12.4. The minimum Gasteiger partial charge on any atom is -0.496 e. The molecule has 0 bridgehead atoms. The van der Waals surface area contributed by atoms with Gasteiger partial charge in [0.2, 0.25) is 0 Å². The number of halogens is 2. The highest BCUT2D eigenvalue weighted by Crippen LogP contribution is 2.36. The van der Waals surface area contributed by atoms with E-state index in [1.54, 1.807) is 23.8 Å². The fourth-order valence-corrected chi connectivity index (χ4v) is 5.42. The molecule has 1 fully saturated rings. The number of ether oxygens (including phenoxy) is 2. The number of piperidine rings is 1. The number of carbonyl (C=O) groups is 1. The first-order chi connectivity index (χ1) is 15.0. The first-order valence-electron chi connectivity index (χ1n) is 10.4. The van der Waals surface area contributed by atoms with Gasteiger partial charge >= 0.3 is 6.09 Å². The Hall–Kier alpha value is -1.41. The van der Waals surface area contributed by atoms with Crippen LogP contribution in [0.4, 0.5) is 4.79 Å². The van der Waals surface area contributed by atoms with Crippen LogP contribution in [0.2, 0.25) is 5.02 Å². The minimum atomic E-state index is -0.211. The summed E-state index contributed by atoms with van der Waals surface area (Å²) in [4.78, 5) is 14.7. The molecule has 2 aromatic carbocycles. The average Bonchev–Trinajstić information content (AvgIpc) is 2.77. The SMILES string of the molecule is CCOC(=O)N1CCC(NCc2cccc(Cl)c2SCc2cc(Br)ccc2OC)CC1. The predicted octanol–water partition coefficient (Wildman–Crippen LogP) is 6.11. The van der Waals surface area contributed by atoms with Crippen LogP contribution in [0.15, 0.2) is 45.8 Å². The van der Waals surface area contributed by atoms with Crippen LogP contribution in [0.1, 0.15) is 30.9 Å². The van der Waals surface area contributed by atoms with E-state index in [0.29, 0.717) is 12.6 Å². The molecule has 8 heteroatoms. The molecule has 0 saturated carbocycles. The molecule has 1 aliphatic heterocycles. The number of nitrogens with zero attached hydrogens (tertiary/aromatic N) is 1. The molecule has 2 aromatic rings. The summed E-state index contributed by atoms with van der Waals surface area (Å²) in [6.07, 6.45) is 1.62. The zero-order valence-corrected chi connectivity index (χ0v) is 21.0. The Labute approximate surface area is 201 Å². The topological polar surface area (TPSA) is 50.8 Å². The standard InChI is InChI=1S/C23H28BrClN2O3S/c1-3-30-23(28)27-11-9-19(10-12-27)26-14-16-5-4-6-20(25)22(16)31-15-17-13-18(24)7-8-21(17)29-2/h4-8,13,19,26H,3,9-12,14-15H2,1-2H3. The summed E-state index contributed by atoms with van der Waals surface area (Å²) in [5, 5.41) is 4.40. The molecule has 1 amide bonds. The third-order valence-corrected chi connectivity index (χ3v) is 7.41. The Bertz CT molecular complexity index is 891. The van der Waals surface area contributed by atoms with Crippen molar-refractivity contribution in [2.45, 2.75) is 43.0 Å². The number of nitrogens with one attached hydrogen (secondary N) is 1. The molecular weight excluding hydrogens is 500 g/mol. The number of hydrogen-bond acceptors (Lipinski definition) is 5. The number of thioether (sulfide) groups is 1. The smallest absolute Gasteiger partial charge is 0.409 e. The number of likely N-dealkylation sites (tertiary alicyclic amines) is 1. The van der Waals surface area contributed by atoms with E-state index in [4.69, 9.17) is 21.1 Å². The van der Waals surface area contributed by atoms with E-state index in [2.05, 4.69) is 33.4 Å². The van der Waals surface area contributed by atoms with Crippen molar-refractivity contribution in [3.8, 4) is 5.75 Å². The summed E-state index contributed by atoms with van der Waals surface area (Å²) in [5.74, 6) is 1.63. The van der Waals surface area contributed by atoms with E-state index < -0.39 is 0 Å². The van der Waals surface area contributed by atoms with Gasteiger partial charge in [-0.3, -0.25) is 0 Å². The quantitative estimate of drug-likeness (QED) is 0.420.